The number of benzene rings is 3. The number of fused-ring (bicyclic) bond motifs is 1. The number of carboxylic acids is 1. The highest BCUT2D eigenvalue weighted by Gasteiger charge is 2.38. The van der Waals surface area contributed by atoms with Crippen LogP contribution in [0.2, 0.25) is 0 Å². The maximum Gasteiger partial charge on any atom is 0.490 e. The summed E-state index contributed by atoms with van der Waals surface area (Å²) in [5.74, 6) is -2.25. The molecule has 0 aliphatic heterocycles. The van der Waals surface area contributed by atoms with Crippen LogP contribution < -0.4 is 10.0 Å². The summed E-state index contributed by atoms with van der Waals surface area (Å²) in [7, 11) is -2.25. The molecule has 1 heterocycles. The van der Waals surface area contributed by atoms with Crippen molar-refractivity contribution in [3.05, 3.63) is 84.3 Å². The Hall–Kier alpha value is -4.74. The Bertz CT molecular complexity index is 1730. The van der Waals surface area contributed by atoms with Crippen molar-refractivity contribution in [2.75, 3.05) is 7.05 Å². The molecular weight excluding hydrogens is 599 g/mol. The summed E-state index contributed by atoms with van der Waals surface area (Å²) in [5.41, 5.74) is 2.14. The van der Waals surface area contributed by atoms with Crippen molar-refractivity contribution in [2.24, 2.45) is 0 Å². The molecule has 0 saturated heterocycles. The maximum absolute atomic E-state index is 13.2. The lowest BCUT2D eigenvalue weighted by Gasteiger charge is -2.17. The second-order valence-electron chi connectivity index (χ2n) is 9.63. The van der Waals surface area contributed by atoms with E-state index in [1.165, 1.54) is 24.3 Å². The Kier molecular flexibility index (Phi) is 11.6. The molecule has 0 bridgehead atoms. The van der Waals surface area contributed by atoms with Gasteiger partial charge in [0.15, 0.2) is 0 Å². The molecule has 1 amide bonds. The van der Waals surface area contributed by atoms with E-state index < -0.39 is 28.2 Å². The lowest BCUT2D eigenvalue weighted by molar-refractivity contribution is -0.192. The van der Waals surface area contributed by atoms with Crippen molar-refractivity contribution in [3.8, 4) is 17.3 Å². The standard InChI is InChI=1S/C28H29N5O3S.C2HF3O2/c1-30-27(34)10-4-2-3-9-25(33-37(35,36)24-15-11-20(18-29)12-16-24)28-31-19-26(32-28)23-14-13-21-7-5-6-8-22(21)17-23;3-2(4,5)1(6)7/h5-8,11-17,19,25,33H,2-4,9-10H2,1H3,(H,30,34)(H,31,32);(H,6,7)/t25-;/m0./s1. The van der Waals surface area contributed by atoms with Crippen molar-refractivity contribution in [2.45, 2.75) is 49.2 Å². The highest BCUT2D eigenvalue weighted by Crippen LogP contribution is 2.27. The minimum Gasteiger partial charge on any atom is -0.475 e. The van der Waals surface area contributed by atoms with E-state index in [4.69, 9.17) is 15.2 Å². The molecule has 0 radical (unpaired) electrons. The molecule has 14 heteroatoms. The van der Waals surface area contributed by atoms with E-state index in [0.717, 1.165) is 34.9 Å². The number of nitrogens with zero attached hydrogens (tertiary/aromatic N) is 2. The van der Waals surface area contributed by atoms with Crippen molar-refractivity contribution in [1.29, 1.82) is 5.26 Å². The number of H-pyrrole nitrogens is 1. The number of hydrogen-bond donors (Lipinski definition) is 4. The van der Waals surface area contributed by atoms with Gasteiger partial charge in [-0.15, -0.1) is 0 Å². The van der Waals surface area contributed by atoms with Crippen LogP contribution in [-0.2, 0) is 19.6 Å². The van der Waals surface area contributed by atoms with E-state index >= 15 is 0 Å². The summed E-state index contributed by atoms with van der Waals surface area (Å²) in [5, 5.41) is 21.0. The number of aliphatic carboxylic acids is 1. The number of halogens is 3. The number of aromatic amines is 1. The highest BCUT2D eigenvalue weighted by molar-refractivity contribution is 7.89. The SMILES string of the molecule is CNC(=O)CCCCC[C@H](NS(=O)(=O)c1ccc(C#N)cc1)c1ncc(-c2ccc3ccccc3c2)[nH]1.O=C(O)C(F)(F)F. The maximum atomic E-state index is 13.2. The van der Waals surface area contributed by atoms with E-state index in [9.17, 15) is 26.4 Å². The first-order valence-corrected chi connectivity index (χ1v) is 14.9. The number of carboxylic acid groups (broad SMARTS) is 1. The minimum absolute atomic E-state index is 0.0101. The summed E-state index contributed by atoms with van der Waals surface area (Å²) >= 11 is 0. The molecule has 3 aromatic carbocycles. The average molecular weight is 630 g/mol. The van der Waals surface area contributed by atoms with Gasteiger partial charge >= 0.3 is 12.1 Å². The van der Waals surface area contributed by atoms with Crippen LogP contribution in [-0.4, -0.2) is 48.6 Å². The molecule has 0 spiro atoms. The molecule has 1 atom stereocenters. The van der Waals surface area contributed by atoms with Gasteiger partial charge in [-0.25, -0.2) is 22.9 Å². The van der Waals surface area contributed by atoms with E-state index in [1.807, 2.05) is 36.4 Å². The molecular formula is C30H30F3N5O5S. The fourth-order valence-corrected chi connectivity index (χ4v) is 5.40. The van der Waals surface area contributed by atoms with Gasteiger partial charge in [0.25, 0.3) is 0 Å². The third kappa shape index (κ3) is 9.65. The normalized spacial score (nSPS) is 12.1. The second-order valence-corrected chi connectivity index (χ2v) is 11.3. The molecule has 0 unspecified atom stereocenters. The molecule has 4 aromatic rings. The van der Waals surface area contributed by atoms with E-state index in [2.05, 4.69) is 32.1 Å². The lowest BCUT2D eigenvalue weighted by atomic mass is 10.1. The zero-order chi connectivity index (χ0) is 32.3. The van der Waals surface area contributed by atoms with Crippen LogP contribution >= 0.6 is 0 Å². The van der Waals surface area contributed by atoms with Gasteiger partial charge < -0.3 is 15.4 Å². The van der Waals surface area contributed by atoms with Gasteiger partial charge in [-0.2, -0.15) is 18.4 Å². The van der Waals surface area contributed by atoms with Crippen LogP contribution in [0.3, 0.4) is 0 Å². The topological polar surface area (TPSA) is 165 Å². The summed E-state index contributed by atoms with van der Waals surface area (Å²) in [6.45, 7) is 0. The molecule has 10 nitrogen and oxygen atoms in total. The number of unbranched alkanes of at least 4 members (excludes halogenated alkanes) is 2. The Morgan fingerprint density at radius 2 is 1.68 bits per heavy atom. The first kappa shape index (κ1) is 33.8. The quantitative estimate of drug-likeness (QED) is 0.160. The number of amides is 1. The van der Waals surface area contributed by atoms with Gasteiger partial charge in [-0.3, -0.25) is 4.79 Å². The van der Waals surface area contributed by atoms with Gasteiger partial charge in [0.1, 0.15) is 5.82 Å². The molecule has 0 aliphatic carbocycles. The van der Waals surface area contributed by atoms with Gasteiger partial charge in [0.2, 0.25) is 15.9 Å². The molecule has 232 valence electrons. The summed E-state index contributed by atoms with van der Waals surface area (Å²) in [6.07, 6.45) is -0.216. The number of imidazole rings is 1. The monoisotopic (exact) mass is 629 g/mol. The highest BCUT2D eigenvalue weighted by atomic mass is 32.2. The summed E-state index contributed by atoms with van der Waals surface area (Å²) in [6, 6.07) is 21.4. The molecule has 4 N–H and O–H groups in total. The van der Waals surface area contributed by atoms with Crippen molar-refractivity contribution in [1.82, 2.24) is 20.0 Å². The predicted octanol–water partition coefficient (Wildman–Crippen LogP) is 5.45. The Balaban J connectivity index is 0.000000676. The van der Waals surface area contributed by atoms with Crippen LogP contribution in [0, 0.1) is 11.3 Å². The third-order valence-corrected chi connectivity index (χ3v) is 7.98. The van der Waals surface area contributed by atoms with Crippen LogP contribution in [0.4, 0.5) is 13.2 Å². The van der Waals surface area contributed by atoms with Crippen LogP contribution in [0.25, 0.3) is 22.0 Å². The average Bonchev–Trinajstić information content (AvgIpc) is 3.50. The number of hydrogen-bond acceptors (Lipinski definition) is 6. The number of alkyl halides is 3. The second kappa shape index (κ2) is 15.1. The molecule has 0 fully saturated rings. The van der Waals surface area contributed by atoms with E-state index in [-0.39, 0.29) is 10.8 Å². The van der Waals surface area contributed by atoms with Crippen LogP contribution in [0.5, 0.6) is 0 Å². The summed E-state index contributed by atoms with van der Waals surface area (Å²) < 4.78 is 60.9. The first-order chi connectivity index (χ1) is 20.8. The molecule has 0 aliphatic rings. The van der Waals surface area contributed by atoms with Gasteiger partial charge in [-0.1, -0.05) is 49.2 Å². The van der Waals surface area contributed by atoms with Crippen molar-refractivity contribution in [3.63, 3.8) is 0 Å². The number of nitriles is 1. The fourth-order valence-electron chi connectivity index (χ4n) is 4.17. The van der Waals surface area contributed by atoms with E-state index in [0.29, 0.717) is 30.7 Å². The van der Waals surface area contributed by atoms with Crippen molar-refractivity contribution >= 4 is 32.7 Å². The number of carbonyl (C=O) groups is 2. The number of sulfonamides is 1. The van der Waals surface area contributed by atoms with Crippen LogP contribution in [0.1, 0.15) is 49.5 Å². The Labute approximate surface area is 252 Å². The predicted molar refractivity (Wildman–Crippen MR) is 157 cm³/mol. The van der Waals surface area contributed by atoms with Crippen molar-refractivity contribution < 1.29 is 36.3 Å². The van der Waals surface area contributed by atoms with Gasteiger partial charge in [0.05, 0.1) is 34.5 Å². The number of aromatic nitrogens is 2. The van der Waals surface area contributed by atoms with Gasteiger partial charge in [-0.05, 0) is 53.9 Å². The molecule has 0 saturated carbocycles. The first-order valence-electron chi connectivity index (χ1n) is 13.4. The number of carbonyl (C=O) groups excluding carboxylic acids is 1. The minimum atomic E-state index is -5.08. The number of nitrogens with one attached hydrogen (secondary N) is 3. The van der Waals surface area contributed by atoms with Crippen LogP contribution in [0.15, 0.2) is 77.8 Å². The molecule has 1 aromatic heterocycles. The van der Waals surface area contributed by atoms with Gasteiger partial charge in [0, 0.05) is 19.0 Å². The van der Waals surface area contributed by atoms with E-state index in [1.54, 1.807) is 13.2 Å². The fraction of sp³-hybridized carbons (Fsp3) is 0.267. The summed E-state index contributed by atoms with van der Waals surface area (Å²) in [4.78, 5) is 28.3. The molecule has 4 rings (SSSR count). The third-order valence-electron chi connectivity index (χ3n) is 6.50. The number of rotatable bonds is 11. The lowest BCUT2D eigenvalue weighted by Crippen LogP contribution is -2.29. The smallest absolute Gasteiger partial charge is 0.475 e. The Morgan fingerprint density at radius 3 is 2.30 bits per heavy atom. The largest absolute Gasteiger partial charge is 0.490 e. The zero-order valence-corrected chi connectivity index (χ0v) is 24.4. The zero-order valence-electron chi connectivity index (χ0n) is 23.6. The molecule has 44 heavy (non-hydrogen) atoms. The Morgan fingerprint density at radius 1 is 1.02 bits per heavy atom.